The second kappa shape index (κ2) is 3.21. The number of benzene rings is 1. The van der Waals surface area contributed by atoms with Crippen LogP contribution >= 0.6 is 0 Å². The summed E-state index contributed by atoms with van der Waals surface area (Å²) in [6.45, 7) is 0. The van der Waals surface area contributed by atoms with Crippen molar-refractivity contribution in [3.63, 3.8) is 0 Å². The van der Waals surface area contributed by atoms with Crippen LogP contribution in [0.1, 0.15) is 20.7 Å². The number of carbonyl (C=O) groups excluding carboxylic acids is 2. The summed E-state index contributed by atoms with van der Waals surface area (Å²) >= 11 is 0. The second-order valence-electron chi connectivity index (χ2n) is 2.10. The average molecular weight is 170 g/mol. The summed E-state index contributed by atoms with van der Waals surface area (Å²) in [5.41, 5.74) is -1.03. The molecule has 0 unspecified atom stereocenters. The van der Waals surface area contributed by atoms with Crippen molar-refractivity contribution in [2.24, 2.45) is 0 Å². The highest BCUT2D eigenvalue weighted by atomic mass is 19.1. The van der Waals surface area contributed by atoms with Crippen LogP contribution in [-0.4, -0.2) is 12.3 Å². The molecule has 0 aliphatic heterocycles. The molecule has 0 saturated carbocycles. The standard InChI is InChI=1S/C8H4F2O2/c9-7-5(4-11)2-1-3-6(7)8(10)12/h1-4H. The van der Waals surface area contributed by atoms with Crippen molar-refractivity contribution in [3.8, 4) is 0 Å². The van der Waals surface area contributed by atoms with E-state index < -0.39 is 17.4 Å². The zero-order valence-corrected chi connectivity index (χ0v) is 5.88. The van der Waals surface area contributed by atoms with Crippen LogP contribution in [-0.2, 0) is 0 Å². The van der Waals surface area contributed by atoms with Gasteiger partial charge in [-0.1, -0.05) is 6.07 Å². The van der Waals surface area contributed by atoms with E-state index in [1.54, 1.807) is 0 Å². The molecule has 0 fully saturated rings. The highest BCUT2D eigenvalue weighted by Crippen LogP contribution is 2.11. The van der Waals surface area contributed by atoms with E-state index >= 15 is 0 Å². The third-order valence-electron chi connectivity index (χ3n) is 1.37. The fraction of sp³-hybridized carbons (Fsp3) is 0. The molecule has 0 aromatic heterocycles. The molecule has 0 bridgehead atoms. The zero-order valence-electron chi connectivity index (χ0n) is 5.88. The first-order valence-corrected chi connectivity index (χ1v) is 3.10. The van der Waals surface area contributed by atoms with Crippen LogP contribution in [0.15, 0.2) is 18.2 Å². The van der Waals surface area contributed by atoms with Crippen molar-refractivity contribution in [2.45, 2.75) is 0 Å². The Morgan fingerprint density at radius 1 is 1.42 bits per heavy atom. The van der Waals surface area contributed by atoms with E-state index in [4.69, 9.17) is 0 Å². The van der Waals surface area contributed by atoms with Crippen molar-refractivity contribution < 1.29 is 18.4 Å². The van der Waals surface area contributed by atoms with Crippen LogP contribution in [0.2, 0.25) is 0 Å². The van der Waals surface area contributed by atoms with Crippen LogP contribution in [0.5, 0.6) is 0 Å². The van der Waals surface area contributed by atoms with Crippen molar-refractivity contribution in [1.82, 2.24) is 0 Å². The van der Waals surface area contributed by atoms with Crippen molar-refractivity contribution in [2.75, 3.05) is 0 Å². The molecule has 1 aromatic rings. The van der Waals surface area contributed by atoms with Gasteiger partial charge in [0.15, 0.2) is 6.29 Å². The molecule has 0 spiro atoms. The normalized spacial score (nSPS) is 9.50. The number of carbonyl (C=O) groups is 2. The lowest BCUT2D eigenvalue weighted by Gasteiger charge is -1.96. The second-order valence-corrected chi connectivity index (χ2v) is 2.10. The average Bonchev–Trinajstić information content (AvgIpc) is 2.04. The van der Waals surface area contributed by atoms with Gasteiger partial charge in [-0.2, -0.15) is 4.39 Å². The molecule has 0 aliphatic rings. The van der Waals surface area contributed by atoms with E-state index in [1.165, 1.54) is 6.07 Å². The largest absolute Gasteiger partial charge is 0.335 e. The Morgan fingerprint density at radius 2 is 2.08 bits per heavy atom. The Balaban J connectivity index is 3.32. The lowest BCUT2D eigenvalue weighted by atomic mass is 10.1. The van der Waals surface area contributed by atoms with Crippen molar-refractivity contribution in [1.29, 1.82) is 0 Å². The first-order valence-electron chi connectivity index (χ1n) is 3.10. The summed E-state index contributed by atoms with van der Waals surface area (Å²) in [7, 11) is 0. The number of hydrogen-bond acceptors (Lipinski definition) is 2. The fourth-order valence-electron chi connectivity index (χ4n) is 0.793. The van der Waals surface area contributed by atoms with Crippen molar-refractivity contribution >= 4 is 12.3 Å². The van der Waals surface area contributed by atoms with E-state index in [0.29, 0.717) is 0 Å². The zero-order chi connectivity index (χ0) is 9.14. The maximum Gasteiger partial charge on any atom is 0.335 e. The molecule has 0 atom stereocenters. The van der Waals surface area contributed by atoms with Crippen LogP contribution in [0, 0.1) is 5.82 Å². The van der Waals surface area contributed by atoms with Gasteiger partial charge in [-0.3, -0.25) is 9.59 Å². The predicted octanol–water partition coefficient (Wildman–Crippen LogP) is 1.75. The third-order valence-corrected chi connectivity index (χ3v) is 1.37. The summed E-state index contributed by atoms with van der Waals surface area (Å²) < 4.78 is 24.8. The minimum absolute atomic E-state index is 0.224. The SMILES string of the molecule is O=Cc1cccc(C(=O)F)c1F. The Labute approximate surface area is 66.8 Å². The molecule has 0 saturated heterocycles. The molecule has 4 heteroatoms. The molecule has 0 N–H and O–H groups in total. The fourth-order valence-corrected chi connectivity index (χ4v) is 0.793. The van der Waals surface area contributed by atoms with Gasteiger partial charge in [0.25, 0.3) is 0 Å². The first kappa shape index (κ1) is 8.52. The van der Waals surface area contributed by atoms with E-state index in [0.717, 1.165) is 12.1 Å². The molecule has 0 radical (unpaired) electrons. The molecule has 1 rings (SSSR count). The minimum Gasteiger partial charge on any atom is -0.298 e. The maximum atomic E-state index is 12.8. The molecule has 2 nitrogen and oxygen atoms in total. The molecule has 12 heavy (non-hydrogen) atoms. The number of rotatable bonds is 2. The maximum absolute atomic E-state index is 12.8. The van der Waals surface area contributed by atoms with Gasteiger partial charge in [-0.15, -0.1) is 0 Å². The highest BCUT2D eigenvalue weighted by molar-refractivity contribution is 5.91. The van der Waals surface area contributed by atoms with Crippen LogP contribution in [0.25, 0.3) is 0 Å². The molecule has 1 aromatic carbocycles. The van der Waals surface area contributed by atoms with Gasteiger partial charge < -0.3 is 0 Å². The van der Waals surface area contributed by atoms with Crippen LogP contribution in [0.3, 0.4) is 0 Å². The third kappa shape index (κ3) is 1.37. The molecular weight excluding hydrogens is 166 g/mol. The summed E-state index contributed by atoms with van der Waals surface area (Å²) in [4.78, 5) is 20.2. The number of aldehydes is 1. The minimum atomic E-state index is -1.88. The van der Waals surface area contributed by atoms with E-state index in [2.05, 4.69) is 0 Å². The van der Waals surface area contributed by atoms with Crippen LogP contribution < -0.4 is 0 Å². The molecule has 62 valence electrons. The summed E-state index contributed by atoms with van der Waals surface area (Å²) in [5.74, 6) is -1.11. The Morgan fingerprint density at radius 3 is 2.58 bits per heavy atom. The Hall–Kier alpha value is -1.58. The smallest absolute Gasteiger partial charge is 0.298 e. The van der Waals surface area contributed by atoms with E-state index in [1.807, 2.05) is 0 Å². The Bertz CT molecular complexity index is 334. The van der Waals surface area contributed by atoms with Gasteiger partial charge in [-0.05, 0) is 12.1 Å². The predicted molar refractivity (Wildman–Crippen MR) is 37.2 cm³/mol. The summed E-state index contributed by atoms with van der Waals surface area (Å²) in [5, 5.41) is 0. The summed E-state index contributed by atoms with van der Waals surface area (Å²) in [6, 6.07) is 1.50. The molecular formula is C8H4F2O2. The molecule has 0 heterocycles. The monoisotopic (exact) mass is 170 g/mol. The quantitative estimate of drug-likeness (QED) is 0.500. The van der Waals surface area contributed by atoms with Gasteiger partial charge in [0.1, 0.15) is 5.82 Å². The van der Waals surface area contributed by atoms with E-state index in [9.17, 15) is 18.4 Å². The van der Waals surface area contributed by atoms with Gasteiger partial charge in [-0.25, -0.2) is 4.39 Å². The van der Waals surface area contributed by atoms with Crippen molar-refractivity contribution in [3.05, 3.63) is 35.1 Å². The first-order chi connectivity index (χ1) is 5.66. The van der Waals surface area contributed by atoms with Crippen LogP contribution in [0.4, 0.5) is 8.78 Å². The van der Waals surface area contributed by atoms with Gasteiger partial charge >= 0.3 is 6.04 Å². The Kier molecular flexibility index (Phi) is 2.28. The number of halogens is 2. The number of hydrogen-bond donors (Lipinski definition) is 0. The van der Waals surface area contributed by atoms with Gasteiger partial charge in [0, 0.05) is 0 Å². The van der Waals surface area contributed by atoms with Gasteiger partial charge in [0.2, 0.25) is 0 Å². The van der Waals surface area contributed by atoms with E-state index in [-0.39, 0.29) is 11.8 Å². The van der Waals surface area contributed by atoms with Gasteiger partial charge in [0.05, 0.1) is 11.1 Å². The molecule has 0 amide bonds. The molecule has 0 aliphatic carbocycles. The summed E-state index contributed by atoms with van der Waals surface area (Å²) in [6.07, 6.45) is 0.224. The highest BCUT2D eigenvalue weighted by Gasteiger charge is 2.12. The topological polar surface area (TPSA) is 34.1 Å². The lowest BCUT2D eigenvalue weighted by Crippen LogP contribution is -1.98. The lowest BCUT2D eigenvalue weighted by molar-refractivity contribution is 0.0831.